The predicted octanol–water partition coefficient (Wildman–Crippen LogP) is 2.67. The molecule has 2 aliphatic rings. The molecule has 1 aromatic rings. The molecule has 6 heteroatoms. The molecule has 25 heavy (non-hydrogen) atoms. The fourth-order valence-electron chi connectivity index (χ4n) is 3.74. The van der Waals surface area contributed by atoms with Gasteiger partial charge in [-0.3, -0.25) is 4.79 Å². The summed E-state index contributed by atoms with van der Waals surface area (Å²) in [5.41, 5.74) is 0. The minimum Gasteiger partial charge on any atom is -0.469 e. The highest BCUT2D eigenvalue weighted by Gasteiger charge is 2.35. The quantitative estimate of drug-likeness (QED) is 0.911. The lowest BCUT2D eigenvalue weighted by Crippen LogP contribution is -2.49. The first kappa shape index (κ1) is 17.8. The largest absolute Gasteiger partial charge is 0.469 e. The van der Waals surface area contributed by atoms with Crippen molar-refractivity contribution in [2.75, 3.05) is 32.7 Å². The van der Waals surface area contributed by atoms with Gasteiger partial charge in [0.2, 0.25) is 5.91 Å². The molecule has 138 valence electrons. The lowest BCUT2D eigenvalue weighted by Gasteiger charge is -2.34. The Morgan fingerprint density at radius 1 is 1.24 bits per heavy atom. The van der Waals surface area contributed by atoms with Crippen molar-refractivity contribution in [3.63, 3.8) is 0 Å². The van der Waals surface area contributed by atoms with Gasteiger partial charge < -0.3 is 19.5 Å². The van der Waals surface area contributed by atoms with Gasteiger partial charge in [0.15, 0.2) is 0 Å². The van der Waals surface area contributed by atoms with Crippen LogP contribution in [0.25, 0.3) is 0 Å². The van der Waals surface area contributed by atoms with Crippen LogP contribution < -0.4 is 5.32 Å². The standard InChI is InChI=1S/C19H29N3O3/c1-14(2)11-20-19(24)22-8-3-5-16(13-22)18(23)21-9-7-15(12-21)17-6-4-10-25-17/h4,6,10,14-16H,3,5,7-9,11-13H2,1-2H3,(H,20,24)/t15-,16-/m0/s1. The predicted molar refractivity (Wildman–Crippen MR) is 95.2 cm³/mol. The van der Waals surface area contributed by atoms with Crippen molar-refractivity contribution in [2.24, 2.45) is 11.8 Å². The normalized spacial score (nSPS) is 24.0. The lowest BCUT2D eigenvalue weighted by molar-refractivity contribution is -0.135. The first-order valence-electron chi connectivity index (χ1n) is 9.39. The number of carbonyl (C=O) groups excluding carboxylic acids is 2. The highest BCUT2D eigenvalue weighted by atomic mass is 16.3. The number of amides is 3. The monoisotopic (exact) mass is 347 g/mol. The summed E-state index contributed by atoms with van der Waals surface area (Å²) >= 11 is 0. The van der Waals surface area contributed by atoms with Gasteiger partial charge in [-0.15, -0.1) is 0 Å². The average molecular weight is 347 g/mol. The third kappa shape index (κ3) is 4.35. The number of likely N-dealkylation sites (tertiary alicyclic amines) is 2. The number of hydrogen-bond donors (Lipinski definition) is 1. The van der Waals surface area contributed by atoms with Crippen LogP contribution >= 0.6 is 0 Å². The highest BCUT2D eigenvalue weighted by molar-refractivity contribution is 5.81. The number of furan rings is 1. The Morgan fingerprint density at radius 3 is 2.80 bits per heavy atom. The van der Waals surface area contributed by atoms with Crippen LogP contribution in [-0.2, 0) is 4.79 Å². The van der Waals surface area contributed by atoms with Gasteiger partial charge in [0.25, 0.3) is 0 Å². The summed E-state index contributed by atoms with van der Waals surface area (Å²) < 4.78 is 5.49. The molecule has 3 amide bonds. The fourth-order valence-corrected chi connectivity index (χ4v) is 3.74. The van der Waals surface area contributed by atoms with Gasteiger partial charge >= 0.3 is 6.03 Å². The molecule has 2 saturated heterocycles. The molecule has 3 rings (SSSR count). The molecule has 1 N–H and O–H groups in total. The highest BCUT2D eigenvalue weighted by Crippen LogP contribution is 2.29. The summed E-state index contributed by atoms with van der Waals surface area (Å²) in [7, 11) is 0. The van der Waals surface area contributed by atoms with E-state index < -0.39 is 0 Å². The molecule has 2 atom stereocenters. The minimum atomic E-state index is -0.0751. The zero-order valence-corrected chi connectivity index (χ0v) is 15.2. The topological polar surface area (TPSA) is 65.8 Å². The van der Waals surface area contributed by atoms with Crippen molar-refractivity contribution < 1.29 is 14.0 Å². The van der Waals surface area contributed by atoms with Crippen molar-refractivity contribution in [2.45, 2.75) is 39.0 Å². The number of hydrogen-bond acceptors (Lipinski definition) is 3. The third-order valence-electron chi connectivity index (χ3n) is 5.16. The number of urea groups is 1. The van der Waals surface area contributed by atoms with Crippen LogP contribution in [0.2, 0.25) is 0 Å². The summed E-state index contributed by atoms with van der Waals surface area (Å²) in [6.45, 7) is 7.60. The maximum Gasteiger partial charge on any atom is 0.317 e. The Bertz CT molecular complexity index is 585. The van der Waals surface area contributed by atoms with Crippen molar-refractivity contribution >= 4 is 11.9 Å². The van der Waals surface area contributed by atoms with E-state index in [1.165, 1.54) is 0 Å². The van der Waals surface area contributed by atoms with Crippen LogP contribution in [0.4, 0.5) is 4.79 Å². The lowest BCUT2D eigenvalue weighted by atomic mass is 9.96. The summed E-state index contributed by atoms with van der Waals surface area (Å²) in [5, 5.41) is 2.96. The summed E-state index contributed by atoms with van der Waals surface area (Å²) in [6.07, 6.45) is 4.40. The Hall–Kier alpha value is -1.98. The van der Waals surface area contributed by atoms with Gasteiger partial charge in [-0.05, 0) is 37.3 Å². The number of carbonyl (C=O) groups is 2. The molecule has 0 spiro atoms. The summed E-state index contributed by atoms with van der Waals surface area (Å²) in [6, 6.07) is 3.84. The van der Waals surface area contributed by atoms with Gasteiger partial charge in [0, 0.05) is 38.6 Å². The van der Waals surface area contributed by atoms with Crippen molar-refractivity contribution in [3.05, 3.63) is 24.2 Å². The zero-order chi connectivity index (χ0) is 17.8. The molecule has 2 aliphatic heterocycles. The van der Waals surface area contributed by atoms with E-state index in [9.17, 15) is 9.59 Å². The van der Waals surface area contributed by atoms with E-state index >= 15 is 0 Å². The van der Waals surface area contributed by atoms with Crippen LogP contribution in [0.3, 0.4) is 0 Å². The maximum absolute atomic E-state index is 12.9. The number of rotatable bonds is 4. The molecule has 0 saturated carbocycles. The van der Waals surface area contributed by atoms with Crippen LogP contribution in [0.15, 0.2) is 22.8 Å². The van der Waals surface area contributed by atoms with E-state index in [4.69, 9.17) is 4.42 Å². The second kappa shape index (κ2) is 7.93. The van der Waals surface area contributed by atoms with Gasteiger partial charge in [-0.1, -0.05) is 13.8 Å². The maximum atomic E-state index is 12.9. The van der Waals surface area contributed by atoms with E-state index in [1.54, 1.807) is 11.2 Å². The smallest absolute Gasteiger partial charge is 0.317 e. The second-order valence-corrected chi connectivity index (χ2v) is 7.65. The Balaban J connectivity index is 1.53. The minimum absolute atomic E-state index is 0.0407. The first-order valence-corrected chi connectivity index (χ1v) is 9.39. The molecule has 0 aliphatic carbocycles. The average Bonchev–Trinajstić information content (AvgIpc) is 3.30. The second-order valence-electron chi connectivity index (χ2n) is 7.65. The summed E-state index contributed by atoms with van der Waals surface area (Å²) in [5.74, 6) is 1.81. The van der Waals surface area contributed by atoms with Crippen LogP contribution in [0.5, 0.6) is 0 Å². The molecule has 1 aromatic heterocycles. The van der Waals surface area contributed by atoms with E-state index in [1.807, 2.05) is 17.0 Å². The van der Waals surface area contributed by atoms with Gasteiger partial charge in [-0.25, -0.2) is 4.79 Å². The molecule has 0 radical (unpaired) electrons. The van der Waals surface area contributed by atoms with E-state index in [2.05, 4.69) is 19.2 Å². The molecule has 0 bridgehead atoms. The van der Waals surface area contributed by atoms with Gasteiger partial charge in [0.05, 0.1) is 12.2 Å². The van der Waals surface area contributed by atoms with Gasteiger partial charge in [-0.2, -0.15) is 0 Å². The van der Waals surface area contributed by atoms with Crippen molar-refractivity contribution in [1.82, 2.24) is 15.1 Å². The zero-order valence-electron chi connectivity index (χ0n) is 15.2. The Labute approximate surface area is 149 Å². The molecular formula is C19H29N3O3. The van der Waals surface area contributed by atoms with Crippen LogP contribution in [0.1, 0.15) is 44.8 Å². The Morgan fingerprint density at radius 2 is 2.08 bits per heavy atom. The van der Waals surface area contributed by atoms with E-state index in [0.717, 1.165) is 44.7 Å². The number of nitrogens with one attached hydrogen (secondary N) is 1. The molecule has 0 aromatic carbocycles. The first-order chi connectivity index (χ1) is 12.0. The fraction of sp³-hybridized carbons (Fsp3) is 0.684. The molecule has 0 unspecified atom stereocenters. The molecular weight excluding hydrogens is 318 g/mol. The Kier molecular flexibility index (Phi) is 5.66. The SMILES string of the molecule is CC(C)CNC(=O)N1CCC[C@H](C(=O)N2CC[C@H](c3ccco3)C2)C1. The third-order valence-corrected chi connectivity index (χ3v) is 5.16. The van der Waals surface area contributed by atoms with Crippen molar-refractivity contribution in [3.8, 4) is 0 Å². The number of piperidine rings is 1. The van der Waals surface area contributed by atoms with E-state index in [0.29, 0.717) is 24.9 Å². The van der Waals surface area contributed by atoms with Crippen molar-refractivity contribution in [1.29, 1.82) is 0 Å². The molecule has 3 heterocycles. The van der Waals surface area contributed by atoms with Crippen LogP contribution in [-0.4, -0.2) is 54.5 Å². The number of nitrogens with zero attached hydrogens (tertiary/aromatic N) is 2. The summed E-state index contributed by atoms with van der Waals surface area (Å²) in [4.78, 5) is 28.9. The van der Waals surface area contributed by atoms with Crippen LogP contribution in [0, 0.1) is 11.8 Å². The van der Waals surface area contributed by atoms with E-state index in [-0.39, 0.29) is 17.9 Å². The molecule has 6 nitrogen and oxygen atoms in total. The van der Waals surface area contributed by atoms with Gasteiger partial charge in [0.1, 0.15) is 5.76 Å². The molecule has 2 fully saturated rings.